The molecular formula is C15H12O3S. The molecule has 1 aromatic heterocycles. The van der Waals surface area contributed by atoms with Crippen LogP contribution < -0.4 is 4.74 Å². The lowest BCUT2D eigenvalue weighted by Crippen LogP contribution is -1.92. The zero-order valence-corrected chi connectivity index (χ0v) is 10.9. The smallest absolute Gasteiger partial charge is 0.161 e. The standard InChI is InChI=1S/C15H12O3S/c16-12-5-3-7-15-11(12)8-10(19-15)9-18-14-6-2-1-4-13(14)17/h1-8,16-17H,9H2. The van der Waals surface area contributed by atoms with E-state index in [0.717, 1.165) is 15.0 Å². The first kappa shape index (κ1) is 11.9. The van der Waals surface area contributed by atoms with Gasteiger partial charge in [0.1, 0.15) is 12.4 Å². The molecule has 0 fully saturated rings. The van der Waals surface area contributed by atoms with Crippen molar-refractivity contribution in [3.8, 4) is 17.2 Å². The number of para-hydroxylation sites is 2. The minimum atomic E-state index is 0.131. The second kappa shape index (κ2) is 4.82. The van der Waals surface area contributed by atoms with Crippen molar-refractivity contribution >= 4 is 21.4 Å². The monoisotopic (exact) mass is 272 g/mol. The van der Waals surface area contributed by atoms with Crippen LogP contribution in [0.3, 0.4) is 0 Å². The first-order valence-electron chi connectivity index (χ1n) is 5.85. The topological polar surface area (TPSA) is 49.7 Å². The summed E-state index contributed by atoms with van der Waals surface area (Å²) < 4.78 is 6.60. The third-order valence-corrected chi connectivity index (χ3v) is 3.90. The van der Waals surface area contributed by atoms with Crippen LogP contribution in [0.4, 0.5) is 0 Å². The summed E-state index contributed by atoms with van der Waals surface area (Å²) in [5, 5.41) is 20.2. The Labute approximate surface area is 114 Å². The number of hydrogen-bond donors (Lipinski definition) is 2. The van der Waals surface area contributed by atoms with E-state index in [4.69, 9.17) is 4.74 Å². The maximum absolute atomic E-state index is 9.74. The van der Waals surface area contributed by atoms with Crippen molar-refractivity contribution in [3.63, 3.8) is 0 Å². The van der Waals surface area contributed by atoms with Crippen LogP contribution in [-0.4, -0.2) is 10.2 Å². The molecule has 0 aliphatic rings. The van der Waals surface area contributed by atoms with Crippen LogP contribution >= 0.6 is 11.3 Å². The molecule has 0 amide bonds. The van der Waals surface area contributed by atoms with E-state index in [2.05, 4.69) is 0 Å². The molecule has 1 heterocycles. The molecule has 2 aromatic carbocycles. The van der Waals surface area contributed by atoms with Crippen molar-refractivity contribution in [2.24, 2.45) is 0 Å². The van der Waals surface area contributed by atoms with Crippen molar-refractivity contribution in [3.05, 3.63) is 53.4 Å². The predicted octanol–water partition coefficient (Wildman–Crippen LogP) is 3.89. The molecule has 19 heavy (non-hydrogen) atoms. The second-order valence-electron chi connectivity index (χ2n) is 4.16. The molecule has 0 atom stereocenters. The SMILES string of the molecule is Oc1ccccc1OCc1cc2c(O)cccc2s1. The quantitative estimate of drug-likeness (QED) is 0.760. The Bertz CT molecular complexity index is 718. The van der Waals surface area contributed by atoms with E-state index in [1.165, 1.54) is 0 Å². The largest absolute Gasteiger partial charge is 0.507 e. The summed E-state index contributed by atoms with van der Waals surface area (Å²) in [5.74, 6) is 0.873. The number of fused-ring (bicyclic) bond motifs is 1. The molecule has 0 saturated carbocycles. The van der Waals surface area contributed by atoms with Crippen LogP contribution in [0.1, 0.15) is 4.88 Å². The van der Waals surface area contributed by atoms with Crippen LogP contribution in [0.15, 0.2) is 48.5 Å². The van der Waals surface area contributed by atoms with E-state index < -0.39 is 0 Å². The zero-order valence-electron chi connectivity index (χ0n) is 10.0. The molecule has 0 radical (unpaired) electrons. The van der Waals surface area contributed by atoms with Crippen molar-refractivity contribution in [1.29, 1.82) is 0 Å². The van der Waals surface area contributed by atoms with Gasteiger partial charge in [-0.05, 0) is 30.3 Å². The molecule has 3 aromatic rings. The highest BCUT2D eigenvalue weighted by Crippen LogP contribution is 2.33. The summed E-state index contributed by atoms with van der Waals surface area (Å²) >= 11 is 1.57. The number of phenols is 2. The van der Waals surface area contributed by atoms with Gasteiger partial charge in [0.15, 0.2) is 11.5 Å². The number of phenolic OH excluding ortho intramolecular Hbond substituents is 2. The Morgan fingerprint density at radius 1 is 0.947 bits per heavy atom. The summed E-state index contributed by atoms with van der Waals surface area (Å²) in [6.07, 6.45) is 0. The molecule has 4 heteroatoms. The van der Waals surface area contributed by atoms with Crippen LogP contribution in [0, 0.1) is 0 Å². The van der Waals surface area contributed by atoms with Crippen LogP contribution in [0.5, 0.6) is 17.2 Å². The Kier molecular flexibility index (Phi) is 3.01. The van der Waals surface area contributed by atoms with Gasteiger partial charge in [0.25, 0.3) is 0 Å². The number of thiophene rings is 1. The lowest BCUT2D eigenvalue weighted by atomic mass is 10.2. The van der Waals surface area contributed by atoms with E-state index in [9.17, 15) is 10.2 Å². The second-order valence-corrected chi connectivity index (χ2v) is 5.33. The van der Waals surface area contributed by atoms with Gasteiger partial charge >= 0.3 is 0 Å². The molecule has 0 aliphatic carbocycles. The van der Waals surface area contributed by atoms with Gasteiger partial charge in [-0.1, -0.05) is 18.2 Å². The minimum Gasteiger partial charge on any atom is -0.507 e. The Hall–Kier alpha value is -2.20. The number of ether oxygens (including phenoxy) is 1. The van der Waals surface area contributed by atoms with Gasteiger partial charge in [0.2, 0.25) is 0 Å². The maximum atomic E-state index is 9.74. The summed E-state index contributed by atoms with van der Waals surface area (Å²) in [4.78, 5) is 1.000. The van der Waals surface area contributed by atoms with E-state index in [-0.39, 0.29) is 11.5 Å². The molecule has 0 spiro atoms. The van der Waals surface area contributed by atoms with Gasteiger partial charge in [-0.3, -0.25) is 0 Å². The van der Waals surface area contributed by atoms with Gasteiger partial charge in [-0.2, -0.15) is 0 Å². The van der Waals surface area contributed by atoms with Crippen LogP contribution in [0.25, 0.3) is 10.1 Å². The van der Waals surface area contributed by atoms with Gasteiger partial charge in [0, 0.05) is 15.0 Å². The summed E-state index contributed by atoms with van der Waals surface area (Å²) in [6.45, 7) is 0.371. The van der Waals surface area contributed by atoms with Crippen molar-refractivity contribution in [2.45, 2.75) is 6.61 Å². The third kappa shape index (κ3) is 2.35. The lowest BCUT2D eigenvalue weighted by Gasteiger charge is -2.05. The van der Waals surface area contributed by atoms with Crippen LogP contribution in [0.2, 0.25) is 0 Å². The third-order valence-electron chi connectivity index (χ3n) is 2.82. The first-order valence-corrected chi connectivity index (χ1v) is 6.67. The first-order chi connectivity index (χ1) is 9.24. The van der Waals surface area contributed by atoms with Gasteiger partial charge in [-0.25, -0.2) is 0 Å². The number of rotatable bonds is 3. The van der Waals surface area contributed by atoms with Gasteiger partial charge in [-0.15, -0.1) is 11.3 Å². The fourth-order valence-electron chi connectivity index (χ4n) is 1.90. The Morgan fingerprint density at radius 3 is 2.53 bits per heavy atom. The molecular weight excluding hydrogens is 260 g/mol. The fraction of sp³-hybridized carbons (Fsp3) is 0.0667. The molecule has 96 valence electrons. The fourth-order valence-corrected chi connectivity index (χ4v) is 2.89. The molecule has 3 rings (SSSR count). The maximum Gasteiger partial charge on any atom is 0.161 e. The van der Waals surface area contributed by atoms with Crippen molar-refractivity contribution in [2.75, 3.05) is 0 Å². The molecule has 3 nitrogen and oxygen atoms in total. The van der Waals surface area contributed by atoms with Crippen molar-refractivity contribution < 1.29 is 14.9 Å². The van der Waals surface area contributed by atoms with Crippen molar-refractivity contribution in [1.82, 2.24) is 0 Å². The molecule has 0 aliphatic heterocycles. The van der Waals surface area contributed by atoms with E-state index in [1.54, 1.807) is 35.6 Å². The van der Waals surface area contributed by atoms with E-state index >= 15 is 0 Å². The summed E-state index contributed by atoms with van der Waals surface area (Å²) in [6, 6.07) is 14.2. The highest BCUT2D eigenvalue weighted by atomic mass is 32.1. The van der Waals surface area contributed by atoms with Crippen LogP contribution in [-0.2, 0) is 6.61 Å². The predicted molar refractivity (Wildman–Crippen MR) is 75.9 cm³/mol. The average molecular weight is 272 g/mol. The molecule has 0 saturated heterocycles. The number of benzene rings is 2. The van der Waals surface area contributed by atoms with E-state index in [1.807, 2.05) is 24.3 Å². The minimum absolute atomic E-state index is 0.131. The molecule has 0 unspecified atom stereocenters. The Balaban J connectivity index is 1.83. The zero-order chi connectivity index (χ0) is 13.2. The number of aromatic hydroxyl groups is 2. The summed E-state index contributed by atoms with van der Waals surface area (Å²) in [5.41, 5.74) is 0. The van der Waals surface area contributed by atoms with E-state index in [0.29, 0.717) is 12.4 Å². The van der Waals surface area contributed by atoms with Gasteiger partial charge in [0.05, 0.1) is 0 Å². The molecule has 2 N–H and O–H groups in total. The highest BCUT2D eigenvalue weighted by molar-refractivity contribution is 7.19. The van der Waals surface area contributed by atoms with Gasteiger partial charge < -0.3 is 14.9 Å². The lowest BCUT2D eigenvalue weighted by molar-refractivity contribution is 0.292. The molecule has 0 bridgehead atoms. The number of hydrogen-bond acceptors (Lipinski definition) is 4. The Morgan fingerprint density at radius 2 is 1.74 bits per heavy atom. The summed E-state index contributed by atoms with van der Waals surface area (Å²) in [7, 11) is 0. The normalized spacial score (nSPS) is 10.7. The average Bonchev–Trinajstić information content (AvgIpc) is 2.82. The highest BCUT2D eigenvalue weighted by Gasteiger charge is 2.07.